The minimum absolute atomic E-state index is 0.240. The van der Waals surface area contributed by atoms with E-state index < -0.39 is 0 Å². The van der Waals surface area contributed by atoms with Crippen LogP contribution < -0.4 is 9.47 Å². The number of benzene rings is 2. The fraction of sp³-hybridized carbons (Fsp3) is 0.348. The number of aromatic hydroxyl groups is 1. The van der Waals surface area contributed by atoms with Crippen molar-refractivity contribution < 1.29 is 19.3 Å². The maximum absolute atomic E-state index is 9.78. The third-order valence-corrected chi connectivity index (χ3v) is 5.23. The molecule has 2 aromatic carbocycles. The van der Waals surface area contributed by atoms with E-state index in [-0.39, 0.29) is 5.75 Å². The van der Waals surface area contributed by atoms with Gasteiger partial charge in [0.2, 0.25) is 0 Å². The van der Waals surface area contributed by atoms with E-state index in [1.807, 2.05) is 37.3 Å². The van der Waals surface area contributed by atoms with E-state index >= 15 is 0 Å². The van der Waals surface area contributed by atoms with Crippen LogP contribution in [0.25, 0.3) is 22.2 Å². The Kier molecular flexibility index (Phi) is 5.83. The summed E-state index contributed by atoms with van der Waals surface area (Å²) in [6, 6.07) is 13.1. The van der Waals surface area contributed by atoms with Gasteiger partial charge in [-0.2, -0.15) is 0 Å². The molecule has 6 heteroatoms. The molecular formula is C23H26N2O4. The first-order chi connectivity index (χ1) is 14.2. The second-order valence-electron chi connectivity index (χ2n) is 7.17. The summed E-state index contributed by atoms with van der Waals surface area (Å²) < 4.78 is 17.2. The number of fused-ring (bicyclic) bond motifs is 1. The zero-order valence-corrected chi connectivity index (χ0v) is 16.9. The molecule has 0 atom stereocenters. The molecule has 1 aliphatic heterocycles. The Hall–Kier alpha value is -2.83. The van der Waals surface area contributed by atoms with Crippen LogP contribution in [0.15, 0.2) is 42.5 Å². The van der Waals surface area contributed by atoms with E-state index in [1.54, 1.807) is 19.2 Å². The van der Waals surface area contributed by atoms with Gasteiger partial charge in [0, 0.05) is 30.6 Å². The van der Waals surface area contributed by atoms with Crippen LogP contribution in [0, 0.1) is 6.92 Å². The number of methoxy groups -OCH3 is 1. The second kappa shape index (κ2) is 8.68. The number of phenolic OH excluding ortho intramolecular Hbond substituents is 1. The number of hydrogen-bond acceptors (Lipinski definition) is 6. The van der Waals surface area contributed by atoms with Crippen LogP contribution in [0.1, 0.15) is 5.56 Å². The average Bonchev–Trinajstić information content (AvgIpc) is 2.75. The zero-order chi connectivity index (χ0) is 20.2. The number of para-hydroxylation sites is 1. The van der Waals surface area contributed by atoms with Gasteiger partial charge in [0.15, 0.2) is 11.5 Å². The van der Waals surface area contributed by atoms with Crippen LogP contribution in [0.2, 0.25) is 0 Å². The molecule has 0 aliphatic carbocycles. The molecule has 1 N–H and O–H groups in total. The molecule has 2 heterocycles. The quantitative estimate of drug-likeness (QED) is 0.689. The summed E-state index contributed by atoms with van der Waals surface area (Å²) in [5.74, 6) is 1.63. The van der Waals surface area contributed by atoms with E-state index in [0.29, 0.717) is 18.1 Å². The van der Waals surface area contributed by atoms with Gasteiger partial charge in [-0.05, 0) is 48.9 Å². The summed E-state index contributed by atoms with van der Waals surface area (Å²) in [5, 5.41) is 10.7. The lowest BCUT2D eigenvalue weighted by atomic mass is 10.0. The number of nitrogens with zero attached hydrogens (tertiary/aromatic N) is 2. The van der Waals surface area contributed by atoms with Gasteiger partial charge in [-0.1, -0.05) is 6.07 Å². The molecule has 1 fully saturated rings. The van der Waals surface area contributed by atoms with Crippen molar-refractivity contribution in [2.24, 2.45) is 0 Å². The van der Waals surface area contributed by atoms with Crippen molar-refractivity contribution in [3.8, 4) is 28.5 Å². The number of pyridine rings is 1. The van der Waals surface area contributed by atoms with Crippen molar-refractivity contribution in [2.45, 2.75) is 6.92 Å². The SMILES string of the molecule is COc1cccc(-c2cc(C)c3cc(O)ccc3n2)c1OCCN1CCOCC1. The van der Waals surface area contributed by atoms with Crippen LogP contribution in [0.4, 0.5) is 0 Å². The molecule has 0 amide bonds. The third kappa shape index (κ3) is 4.28. The Bertz CT molecular complexity index is 1000. The fourth-order valence-corrected chi connectivity index (χ4v) is 3.65. The Morgan fingerprint density at radius 2 is 1.97 bits per heavy atom. The maximum Gasteiger partial charge on any atom is 0.170 e. The van der Waals surface area contributed by atoms with Crippen LogP contribution >= 0.6 is 0 Å². The maximum atomic E-state index is 9.78. The Morgan fingerprint density at radius 1 is 1.14 bits per heavy atom. The van der Waals surface area contributed by atoms with Crippen molar-refractivity contribution in [1.82, 2.24) is 9.88 Å². The summed E-state index contributed by atoms with van der Waals surface area (Å²) in [6.45, 7) is 6.83. The first-order valence-corrected chi connectivity index (χ1v) is 9.86. The minimum Gasteiger partial charge on any atom is -0.508 e. The second-order valence-corrected chi connectivity index (χ2v) is 7.17. The predicted molar refractivity (Wildman–Crippen MR) is 113 cm³/mol. The molecule has 0 radical (unpaired) electrons. The number of hydrogen-bond donors (Lipinski definition) is 1. The standard InChI is InChI=1S/C23H26N2O4/c1-16-14-21(24-20-7-6-17(26)15-19(16)20)18-4-3-5-22(27-2)23(18)29-13-10-25-8-11-28-12-9-25/h3-7,14-15,26H,8-13H2,1-2H3. The molecule has 6 nitrogen and oxygen atoms in total. The highest BCUT2D eigenvalue weighted by molar-refractivity contribution is 5.87. The highest BCUT2D eigenvalue weighted by Crippen LogP contribution is 2.38. The number of rotatable bonds is 6. The first kappa shape index (κ1) is 19.5. The van der Waals surface area contributed by atoms with Crippen LogP contribution in [0.5, 0.6) is 17.2 Å². The smallest absolute Gasteiger partial charge is 0.170 e. The Labute approximate surface area is 170 Å². The van der Waals surface area contributed by atoms with Gasteiger partial charge in [-0.15, -0.1) is 0 Å². The molecule has 0 bridgehead atoms. The molecule has 1 aromatic heterocycles. The molecule has 0 unspecified atom stereocenters. The number of morpholine rings is 1. The molecule has 0 saturated carbocycles. The van der Waals surface area contributed by atoms with Crippen molar-refractivity contribution >= 4 is 10.9 Å². The van der Waals surface area contributed by atoms with E-state index in [4.69, 9.17) is 19.2 Å². The lowest BCUT2D eigenvalue weighted by Gasteiger charge is -2.26. The van der Waals surface area contributed by atoms with Gasteiger partial charge in [-0.25, -0.2) is 4.98 Å². The van der Waals surface area contributed by atoms with E-state index in [9.17, 15) is 5.11 Å². The first-order valence-electron chi connectivity index (χ1n) is 9.86. The van der Waals surface area contributed by atoms with Crippen LogP contribution in [-0.4, -0.2) is 61.6 Å². The summed E-state index contributed by atoms with van der Waals surface area (Å²) in [5.41, 5.74) is 3.59. The van der Waals surface area contributed by atoms with E-state index in [0.717, 1.165) is 60.6 Å². The lowest BCUT2D eigenvalue weighted by Crippen LogP contribution is -2.38. The van der Waals surface area contributed by atoms with Crippen molar-refractivity contribution in [3.05, 3.63) is 48.0 Å². The third-order valence-electron chi connectivity index (χ3n) is 5.23. The normalized spacial score (nSPS) is 14.8. The van der Waals surface area contributed by atoms with Crippen molar-refractivity contribution in [2.75, 3.05) is 46.6 Å². The summed E-state index contributed by atoms with van der Waals surface area (Å²) in [4.78, 5) is 7.14. The number of aryl methyl sites for hydroxylation is 1. The van der Waals surface area contributed by atoms with Gasteiger partial charge in [0.25, 0.3) is 0 Å². The monoisotopic (exact) mass is 394 g/mol. The van der Waals surface area contributed by atoms with Crippen LogP contribution in [0.3, 0.4) is 0 Å². The minimum atomic E-state index is 0.240. The van der Waals surface area contributed by atoms with Crippen LogP contribution in [-0.2, 0) is 4.74 Å². The summed E-state index contributed by atoms with van der Waals surface area (Å²) in [6.07, 6.45) is 0. The molecular weight excluding hydrogens is 368 g/mol. The summed E-state index contributed by atoms with van der Waals surface area (Å²) in [7, 11) is 1.65. The topological polar surface area (TPSA) is 64.0 Å². The highest BCUT2D eigenvalue weighted by atomic mass is 16.5. The largest absolute Gasteiger partial charge is 0.508 e. The molecule has 152 valence electrons. The van der Waals surface area contributed by atoms with Gasteiger partial charge < -0.3 is 19.3 Å². The highest BCUT2D eigenvalue weighted by Gasteiger charge is 2.16. The Balaban J connectivity index is 1.64. The van der Waals surface area contributed by atoms with Gasteiger partial charge in [-0.3, -0.25) is 4.90 Å². The molecule has 4 rings (SSSR count). The number of phenols is 1. The van der Waals surface area contributed by atoms with Crippen molar-refractivity contribution in [1.29, 1.82) is 0 Å². The van der Waals surface area contributed by atoms with Gasteiger partial charge >= 0.3 is 0 Å². The van der Waals surface area contributed by atoms with Gasteiger partial charge in [0.1, 0.15) is 12.4 Å². The fourth-order valence-electron chi connectivity index (χ4n) is 3.65. The average molecular weight is 394 g/mol. The predicted octanol–water partition coefficient (Wildman–Crippen LogP) is 3.64. The van der Waals surface area contributed by atoms with Crippen molar-refractivity contribution in [3.63, 3.8) is 0 Å². The summed E-state index contributed by atoms with van der Waals surface area (Å²) >= 11 is 0. The molecule has 29 heavy (non-hydrogen) atoms. The molecule has 3 aromatic rings. The number of ether oxygens (including phenoxy) is 3. The lowest BCUT2D eigenvalue weighted by molar-refractivity contribution is 0.0321. The molecule has 1 saturated heterocycles. The van der Waals surface area contributed by atoms with E-state index in [1.165, 1.54) is 0 Å². The Morgan fingerprint density at radius 3 is 2.76 bits per heavy atom. The molecule has 1 aliphatic rings. The van der Waals surface area contributed by atoms with E-state index in [2.05, 4.69) is 4.90 Å². The number of aromatic nitrogens is 1. The zero-order valence-electron chi connectivity index (χ0n) is 16.9. The molecule has 0 spiro atoms. The van der Waals surface area contributed by atoms with Gasteiger partial charge in [0.05, 0.1) is 31.5 Å².